The minimum absolute atomic E-state index is 0.246. The van der Waals surface area contributed by atoms with Crippen LogP contribution in [-0.4, -0.2) is 20.7 Å². The fourth-order valence-electron chi connectivity index (χ4n) is 2.79. The summed E-state index contributed by atoms with van der Waals surface area (Å²) in [6.07, 6.45) is 1.92. The molecule has 0 bridgehead atoms. The minimum atomic E-state index is -0.618. The fourth-order valence-corrected chi connectivity index (χ4v) is 2.85. The quantitative estimate of drug-likeness (QED) is 0.713. The van der Waals surface area contributed by atoms with Gasteiger partial charge in [0.25, 0.3) is 0 Å². The molecule has 1 aromatic carbocycles. The van der Waals surface area contributed by atoms with E-state index in [1.807, 2.05) is 29.7 Å². The molecule has 24 heavy (non-hydrogen) atoms. The third kappa shape index (κ3) is 3.15. The van der Waals surface area contributed by atoms with Gasteiger partial charge in [-0.15, -0.1) is 11.6 Å². The number of carbonyl (C=O) groups excluding carboxylic acids is 1. The van der Waals surface area contributed by atoms with Crippen molar-refractivity contribution in [2.24, 2.45) is 0 Å². The second-order valence-corrected chi connectivity index (χ2v) is 6.88. The van der Waals surface area contributed by atoms with Gasteiger partial charge in [0.2, 0.25) is 5.91 Å². The maximum atomic E-state index is 12.2. The number of halogens is 1. The number of aromatic nitrogens is 2. The van der Waals surface area contributed by atoms with Gasteiger partial charge in [0, 0.05) is 11.8 Å². The lowest BCUT2D eigenvalue weighted by molar-refractivity contribution is -0.115. The Kier molecular flexibility index (Phi) is 4.33. The molecule has 1 N–H and O–H groups in total. The van der Waals surface area contributed by atoms with Crippen molar-refractivity contribution in [2.45, 2.75) is 33.1 Å². The smallest absolute Gasteiger partial charge is 0.243 e. The molecular formula is C19H20ClN3O. The number of imidazole rings is 1. The number of anilines is 1. The van der Waals surface area contributed by atoms with Crippen molar-refractivity contribution in [1.29, 1.82) is 0 Å². The highest BCUT2D eigenvalue weighted by molar-refractivity contribution is 6.32. The van der Waals surface area contributed by atoms with E-state index in [9.17, 15) is 4.79 Å². The first-order chi connectivity index (χ1) is 11.3. The van der Waals surface area contributed by atoms with Crippen LogP contribution in [0.1, 0.15) is 23.6 Å². The average molecular weight is 342 g/mol. The summed E-state index contributed by atoms with van der Waals surface area (Å²) in [6.45, 7) is 7.77. The molecule has 0 aliphatic carbocycles. The molecule has 3 aromatic rings. The van der Waals surface area contributed by atoms with Crippen molar-refractivity contribution in [3.63, 3.8) is 0 Å². The highest BCUT2D eigenvalue weighted by atomic mass is 35.5. The Morgan fingerprint density at radius 3 is 2.42 bits per heavy atom. The topological polar surface area (TPSA) is 46.4 Å². The molecule has 2 heterocycles. The number of hydrogen-bond acceptors (Lipinski definition) is 2. The number of nitrogens with zero attached hydrogens (tertiary/aromatic N) is 2. The predicted octanol–water partition coefficient (Wildman–Crippen LogP) is 4.49. The molecular weight excluding hydrogens is 322 g/mol. The van der Waals surface area contributed by atoms with E-state index in [4.69, 9.17) is 16.6 Å². The van der Waals surface area contributed by atoms with E-state index in [2.05, 4.69) is 37.4 Å². The normalized spacial score (nSPS) is 12.4. The molecule has 5 heteroatoms. The van der Waals surface area contributed by atoms with E-state index < -0.39 is 5.38 Å². The van der Waals surface area contributed by atoms with Crippen LogP contribution in [0.4, 0.5) is 5.82 Å². The van der Waals surface area contributed by atoms with Crippen LogP contribution in [0.3, 0.4) is 0 Å². The Hall–Kier alpha value is -2.33. The Balaban J connectivity index is 2.23. The van der Waals surface area contributed by atoms with Crippen molar-refractivity contribution >= 4 is 29.0 Å². The van der Waals surface area contributed by atoms with Crippen molar-refractivity contribution in [3.8, 4) is 11.3 Å². The molecule has 0 spiro atoms. The SMILES string of the molecule is Cc1cc(C)cc(-c2nc3cc(C)ccn3c2NC(=O)C(C)Cl)c1. The first-order valence-corrected chi connectivity index (χ1v) is 8.31. The van der Waals surface area contributed by atoms with Crippen LogP contribution in [0.25, 0.3) is 16.9 Å². The minimum Gasteiger partial charge on any atom is -0.309 e. The molecule has 4 nitrogen and oxygen atoms in total. The highest BCUT2D eigenvalue weighted by Gasteiger charge is 2.19. The molecule has 1 unspecified atom stereocenters. The maximum Gasteiger partial charge on any atom is 0.243 e. The lowest BCUT2D eigenvalue weighted by atomic mass is 10.0. The van der Waals surface area contributed by atoms with E-state index >= 15 is 0 Å². The summed E-state index contributed by atoms with van der Waals surface area (Å²) in [6, 6.07) is 10.2. The Morgan fingerprint density at radius 1 is 1.12 bits per heavy atom. The second-order valence-electron chi connectivity index (χ2n) is 6.22. The molecule has 0 aliphatic heterocycles. The van der Waals surface area contributed by atoms with Gasteiger partial charge >= 0.3 is 0 Å². The number of rotatable bonds is 3. The third-order valence-corrected chi connectivity index (χ3v) is 4.08. The van der Waals surface area contributed by atoms with Crippen molar-refractivity contribution in [2.75, 3.05) is 5.32 Å². The van der Waals surface area contributed by atoms with Gasteiger partial charge in [-0.3, -0.25) is 9.20 Å². The van der Waals surface area contributed by atoms with Crippen molar-refractivity contribution in [3.05, 3.63) is 53.2 Å². The number of benzene rings is 1. The van der Waals surface area contributed by atoms with Gasteiger partial charge in [0.15, 0.2) is 0 Å². The first kappa shape index (κ1) is 16.5. The molecule has 2 aromatic heterocycles. The number of hydrogen-bond donors (Lipinski definition) is 1. The van der Waals surface area contributed by atoms with Crippen LogP contribution in [0.2, 0.25) is 0 Å². The number of amides is 1. The summed E-state index contributed by atoms with van der Waals surface area (Å²) in [5.74, 6) is 0.400. The molecule has 3 rings (SSSR count). The summed E-state index contributed by atoms with van der Waals surface area (Å²) in [7, 11) is 0. The van der Waals surface area contributed by atoms with Crippen LogP contribution < -0.4 is 5.32 Å². The molecule has 0 fully saturated rings. The molecule has 0 saturated heterocycles. The number of nitrogens with one attached hydrogen (secondary N) is 1. The summed E-state index contributed by atoms with van der Waals surface area (Å²) in [5.41, 5.74) is 5.94. The molecule has 1 amide bonds. The van der Waals surface area contributed by atoms with Gasteiger partial charge < -0.3 is 5.32 Å². The zero-order valence-corrected chi connectivity index (χ0v) is 15.0. The lowest BCUT2D eigenvalue weighted by Gasteiger charge is -2.10. The van der Waals surface area contributed by atoms with E-state index in [1.54, 1.807) is 6.92 Å². The van der Waals surface area contributed by atoms with E-state index in [0.717, 1.165) is 33.6 Å². The molecule has 124 valence electrons. The van der Waals surface area contributed by atoms with Gasteiger partial charge in [-0.2, -0.15) is 0 Å². The Morgan fingerprint density at radius 2 is 1.79 bits per heavy atom. The van der Waals surface area contributed by atoms with Gasteiger partial charge in [0.1, 0.15) is 22.5 Å². The fraction of sp³-hybridized carbons (Fsp3) is 0.263. The first-order valence-electron chi connectivity index (χ1n) is 7.87. The largest absolute Gasteiger partial charge is 0.309 e. The standard InChI is InChI=1S/C19H20ClN3O/c1-11-5-6-23-16(10-11)21-17(18(23)22-19(24)14(4)20)15-8-12(2)7-13(3)9-15/h5-10,14H,1-4H3,(H,22,24). The zero-order chi connectivity index (χ0) is 17.4. The van der Waals surface area contributed by atoms with Gasteiger partial charge in [-0.05, 0) is 57.5 Å². The lowest BCUT2D eigenvalue weighted by Crippen LogP contribution is -2.21. The van der Waals surface area contributed by atoms with Gasteiger partial charge in [0.05, 0.1) is 0 Å². The summed E-state index contributed by atoms with van der Waals surface area (Å²) in [5, 5.41) is 2.30. The summed E-state index contributed by atoms with van der Waals surface area (Å²) < 4.78 is 1.89. The molecule has 0 saturated carbocycles. The van der Waals surface area contributed by atoms with Crippen LogP contribution >= 0.6 is 11.6 Å². The molecule has 0 radical (unpaired) electrons. The number of aryl methyl sites for hydroxylation is 3. The van der Waals surface area contributed by atoms with Crippen LogP contribution in [0.5, 0.6) is 0 Å². The monoisotopic (exact) mass is 341 g/mol. The second kappa shape index (κ2) is 6.29. The van der Waals surface area contributed by atoms with E-state index in [1.165, 1.54) is 0 Å². The highest BCUT2D eigenvalue weighted by Crippen LogP contribution is 2.30. The average Bonchev–Trinajstić information content (AvgIpc) is 2.84. The van der Waals surface area contributed by atoms with Crippen LogP contribution in [0, 0.1) is 20.8 Å². The van der Waals surface area contributed by atoms with Gasteiger partial charge in [-0.25, -0.2) is 4.98 Å². The third-order valence-electron chi connectivity index (χ3n) is 3.88. The van der Waals surface area contributed by atoms with Crippen LogP contribution in [0.15, 0.2) is 36.5 Å². The van der Waals surface area contributed by atoms with Crippen LogP contribution in [-0.2, 0) is 4.79 Å². The van der Waals surface area contributed by atoms with E-state index in [-0.39, 0.29) is 5.91 Å². The molecule has 1 atom stereocenters. The number of alkyl halides is 1. The van der Waals surface area contributed by atoms with Crippen molar-refractivity contribution < 1.29 is 4.79 Å². The maximum absolute atomic E-state index is 12.2. The van der Waals surface area contributed by atoms with E-state index in [0.29, 0.717) is 5.82 Å². The summed E-state index contributed by atoms with van der Waals surface area (Å²) >= 11 is 5.93. The van der Waals surface area contributed by atoms with Gasteiger partial charge in [-0.1, -0.05) is 17.2 Å². The van der Waals surface area contributed by atoms with Crippen molar-refractivity contribution in [1.82, 2.24) is 9.38 Å². The number of fused-ring (bicyclic) bond motifs is 1. The number of pyridine rings is 1. The molecule has 0 aliphatic rings. The number of carbonyl (C=O) groups is 1. The zero-order valence-electron chi connectivity index (χ0n) is 14.2. The Bertz CT molecular complexity index is 908. The Labute approximate surface area is 146 Å². The predicted molar refractivity (Wildman–Crippen MR) is 98.8 cm³/mol. The summed E-state index contributed by atoms with van der Waals surface area (Å²) in [4.78, 5) is 16.9.